The summed E-state index contributed by atoms with van der Waals surface area (Å²) in [6, 6.07) is 5.62. The lowest BCUT2D eigenvalue weighted by atomic mass is 10.1. The van der Waals surface area contributed by atoms with E-state index in [1.54, 1.807) is 6.07 Å². The number of fused-ring (bicyclic) bond motifs is 1. The highest BCUT2D eigenvalue weighted by atomic mass is 35.5. The topological polar surface area (TPSA) is 65.4 Å². The van der Waals surface area contributed by atoms with Gasteiger partial charge < -0.3 is 14.8 Å². The number of carbonyl (C=O) groups is 1. The van der Waals surface area contributed by atoms with E-state index >= 15 is 0 Å². The third-order valence-corrected chi connectivity index (χ3v) is 4.27. The lowest BCUT2D eigenvalue weighted by molar-refractivity contribution is -0.120. The first-order chi connectivity index (χ1) is 12.0. The van der Waals surface area contributed by atoms with E-state index in [0.717, 1.165) is 29.9 Å². The van der Waals surface area contributed by atoms with E-state index in [4.69, 9.17) is 21.1 Å². The predicted molar refractivity (Wildman–Crippen MR) is 95.5 cm³/mol. The van der Waals surface area contributed by atoms with Crippen molar-refractivity contribution in [2.45, 2.75) is 33.2 Å². The summed E-state index contributed by atoms with van der Waals surface area (Å²) in [5.41, 5.74) is 2.96. The van der Waals surface area contributed by atoms with Gasteiger partial charge >= 0.3 is 0 Å². The maximum absolute atomic E-state index is 12.1. The van der Waals surface area contributed by atoms with E-state index in [0.29, 0.717) is 36.3 Å². The largest absolute Gasteiger partial charge is 0.486 e. The van der Waals surface area contributed by atoms with Gasteiger partial charge in [-0.15, -0.1) is 0 Å². The van der Waals surface area contributed by atoms with Crippen molar-refractivity contribution in [3.8, 4) is 11.5 Å². The summed E-state index contributed by atoms with van der Waals surface area (Å²) in [6.07, 6.45) is 1.09. The van der Waals surface area contributed by atoms with E-state index < -0.39 is 0 Å². The second kappa shape index (κ2) is 7.78. The number of rotatable bonds is 6. The van der Waals surface area contributed by atoms with Crippen LogP contribution in [0.15, 0.2) is 18.2 Å². The van der Waals surface area contributed by atoms with Crippen molar-refractivity contribution in [3.63, 3.8) is 0 Å². The van der Waals surface area contributed by atoms with Gasteiger partial charge in [-0.05, 0) is 44.0 Å². The molecule has 0 spiro atoms. The molecule has 1 amide bonds. The van der Waals surface area contributed by atoms with Gasteiger partial charge in [-0.3, -0.25) is 9.48 Å². The summed E-state index contributed by atoms with van der Waals surface area (Å²) in [5, 5.41) is 7.82. The van der Waals surface area contributed by atoms with Gasteiger partial charge in [0.1, 0.15) is 13.2 Å². The molecule has 1 aromatic carbocycles. The number of ether oxygens (including phenoxy) is 2. The maximum atomic E-state index is 12.1. The van der Waals surface area contributed by atoms with Gasteiger partial charge in [0.2, 0.25) is 5.91 Å². The standard InChI is InChI=1S/C18H22ClN3O3/c1-12-8-13(2)22(21-12)5-3-4-20-17(23)11-14-9-15(19)18-16(10-14)24-6-7-25-18/h8-10H,3-7,11H2,1-2H3,(H,20,23). The Hall–Kier alpha value is -2.21. The van der Waals surface area contributed by atoms with Gasteiger partial charge in [-0.2, -0.15) is 5.10 Å². The van der Waals surface area contributed by atoms with Gasteiger partial charge in [-0.1, -0.05) is 11.6 Å². The molecule has 0 saturated heterocycles. The van der Waals surface area contributed by atoms with Crippen LogP contribution in [0.25, 0.3) is 0 Å². The molecule has 7 heteroatoms. The van der Waals surface area contributed by atoms with Crippen LogP contribution in [0.5, 0.6) is 11.5 Å². The van der Waals surface area contributed by atoms with Gasteiger partial charge in [0.15, 0.2) is 11.5 Å². The SMILES string of the molecule is Cc1cc(C)n(CCCNC(=O)Cc2cc(Cl)c3c(c2)OCCO3)n1. The molecule has 0 radical (unpaired) electrons. The minimum Gasteiger partial charge on any atom is -0.486 e. The number of aryl methyl sites for hydroxylation is 3. The molecular weight excluding hydrogens is 342 g/mol. The number of hydrogen-bond donors (Lipinski definition) is 1. The second-order valence-electron chi connectivity index (χ2n) is 6.13. The molecule has 6 nitrogen and oxygen atoms in total. The molecule has 3 rings (SSSR count). The zero-order valence-electron chi connectivity index (χ0n) is 14.5. The highest BCUT2D eigenvalue weighted by molar-refractivity contribution is 6.32. The summed E-state index contributed by atoms with van der Waals surface area (Å²) in [4.78, 5) is 12.1. The van der Waals surface area contributed by atoms with Crippen LogP contribution in [0.2, 0.25) is 5.02 Å². The first-order valence-corrected chi connectivity index (χ1v) is 8.76. The van der Waals surface area contributed by atoms with Crippen molar-refractivity contribution in [1.29, 1.82) is 0 Å². The number of benzene rings is 1. The molecule has 1 N–H and O–H groups in total. The molecule has 134 valence electrons. The molecule has 0 saturated carbocycles. The summed E-state index contributed by atoms with van der Waals surface area (Å²) < 4.78 is 13.0. The average Bonchev–Trinajstić information content (AvgIpc) is 2.89. The Morgan fingerprint density at radius 3 is 2.84 bits per heavy atom. The van der Waals surface area contributed by atoms with Gasteiger partial charge in [0.05, 0.1) is 17.1 Å². The van der Waals surface area contributed by atoms with Gasteiger partial charge in [0, 0.05) is 18.8 Å². The zero-order valence-corrected chi connectivity index (χ0v) is 15.2. The summed E-state index contributed by atoms with van der Waals surface area (Å²) in [5.74, 6) is 1.12. The molecule has 0 bridgehead atoms. The molecule has 2 heterocycles. The molecule has 0 fully saturated rings. The van der Waals surface area contributed by atoms with Crippen LogP contribution >= 0.6 is 11.6 Å². The van der Waals surface area contributed by atoms with Crippen LogP contribution in [0.4, 0.5) is 0 Å². The quantitative estimate of drug-likeness (QED) is 0.801. The number of nitrogens with one attached hydrogen (secondary N) is 1. The lowest BCUT2D eigenvalue weighted by Crippen LogP contribution is -2.27. The van der Waals surface area contributed by atoms with Crippen LogP contribution in [0.1, 0.15) is 23.4 Å². The first kappa shape index (κ1) is 17.6. The number of aromatic nitrogens is 2. The fourth-order valence-electron chi connectivity index (χ4n) is 2.87. The minimum atomic E-state index is -0.0406. The highest BCUT2D eigenvalue weighted by Crippen LogP contribution is 2.38. The highest BCUT2D eigenvalue weighted by Gasteiger charge is 2.17. The molecule has 1 aromatic heterocycles. The molecule has 0 aliphatic carbocycles. The Bertz CT molecular complexity index is 773. The molecule has 0 atom stereocenters. The maximum Gasteiger partial charge on any atom is 0.224 e. The van der Waals surface area contributed by atoms with Crippen LogP contribution in [-0.4, -0.2) is 35.4 Å². The van der Waals surface area contributed by atoms with Crippen LogP contribution in [-0.2, 0) is 17.8 Å². The first-order valence-electron chi connectivity index (χ1n) is 8.38. The van der Waals surface area contributed by atoms with E-state index in [9.17, 15) is 4.79 Å². The summed E-state index contributed by atoms with van der Waals surface area (Å²) >= 11 is 6.20. The Balaban J connectivity index is 1.48. The average molecular weight is 364 g/mol. The van der Waals surface area contributed by atoms with Crippen molar-refractivity contribution >= 4 is 17.5 Å². The summed E-state index contributed by atoms with van der Waals surface area (Å²) in [6.45, 7) is 6.38. The normalized spacial score (nSPS) is 12.9. The van der Waals surface area contributed by atoms with Crippen LogP contribution in [0.3, 0.4) is 0 Å². The Morgan fingerprint density at radius 2 is 2.08 bits per heavy atom. The minimum absolute atomic E-state index is 0.0406. The number of halogens is 1. The number of hydrogen-bond acceptors (Lipinski definition) is 4. The van der Waals surface area contributed by atoms with Crippen molar-refractivity contribution < 1.29 is 14.3 Å². The second-order valence-corrected chi connectivity index (χ2v) is 6.54. The van der Waals surface area contributed by atoms with Crippen molar-refractivity contribution in [3.05, 3.63) is 40.2 Å². The molecule has 0 unspecified atom stereocenters. The molecular formula is C18H22ClN3O3. The molecule has 1 aliphatic rings. The summed E-state index contributed by atoms with van der Waals surface area (Å²) in [7, 11) is 0. The monoisotopic (exact) mass is 363 g/mol. The van der Waals surface area contributed by atoms with E-state index in [-0.39, 0.29) is 12.3 Å². The van der Waals surface area contributed by atoms with Crippen LogP contribution < -0.4 is 14.8 Å². The Morgan fingerprint density at radius 1 is 1.28 bits per heavy atom. The lowest BCUT2D eigenvalue weighted by Gasteiger charge is -2.20. The van der Waals surface area contributed by atoms with E-state index in [1.165, 1.54) is 0 Å². The third-order valence-electron chi connectivity index (χ3n) is 3.99. The fraction of sp³-hybridized carbons (Fsp3) is 0.444. The predicted octanol–water partition coefficient (Wildman–Crippen LogP) is 2.67. The van der Waals surface area contributed by atoms with Gasteiger partial charge in [0.25, 0.3) is 0 Å². The Kier molecular flexibility index (Phi) is 5.48. The zero-order chi connectivity index (χ0) is 17.8. The number of nitrogens with zero attached hydrogens (tertiary/aromatic N) is 2. The Labute approximate surface area is 152 Å². The van der Waals surface area contributed by atoms with E-state index in [1.807, 2.05) is 30.7 Å². The molecule has 2 aromatic rings. The number of carbonyl (C=O) groups excluding carboxylic acids is 1. The van der Waals surface area contributed by atoms with Crippen molar-refractivity contribution in [2.75, 3.05) is 19.8 Å². The van der Waals surface area contributed by atoms with E-state index in [2.05, 4.69) is 10.4 Å². The van der Waals surface area contributed by atoms with Crippen molar-refractivity contribution in [2.24, 2.45) is 0 Å². The van der Waals surface area contributed by atoms with Crippen LogP contribution in [0, 0.1) is 13.8 Å². The fourth-order valence-corrected chi connectivity index (χ4v) is 3.16. The molecule has 25 heavy (non-hydrogen) atoms. The van der Waals surface area contributed by atoms with Gasteiger partial charge in [-0.25, -0.2) is 0 Å². The molecule has 1 aliphatic heterocycles. The third kappa shape index (κ3) is 4.45. The van der Waals surface area contributed by atoms with Crippen molar-refractivity contribution in [1.82, 2.24) is 15.1 Å². The number of amides is 1. The smallest absolute Gasteiger partial charge is 0.224 e.